The number of rotatable bonds is 4. The van der Waals surface area contributed by atoms with Crippen LogP contribution in [0.15, 0.2) is 0 Å². The van der Waals surface area contributed by atoms with E-state index in [-0.39, 0.29) is 18.5 Å². The number of nitrogens with zero attached hydrogens (tertiary/aromatic N) is 1. The summed E-state index contributed by atoms with van der Waals surface area (Å²) < 4.78 is 0. The summed E-state index contributed by atoms with van der Waals surface area (Å²) in [5.41, 5.74) is 5.86. The molecule has 1 fully saturated rings. The fourth-order valence-electron chi connectivity index (χ4n) is 2.27. The first kappa shape index (κ1) is 12.5. The van der Waals surface area contributed by atoms with Crippen LogP contribution < -0.4 is 5.73 Å². The lowest BCUT2D eigenvalue weighted by Crippen LogP contribution is -2.44. The van der Waals surface area contributed by atoms with Crippen molar-refractivity contribution in [1.82, 2.24) is 4.90 Å². The summed E-state index contributed by atoms with van der Waals surface area (Å²) in [5, 5.41) is 8.71. The molecule has 4 heteroatoms. The van der Waals surface area contributed by atoms with Gasteiger partial charge in [-0.05, 0) is 45.7 Å². The van der Waals surface area contributed by atoms with E-state index >= 15 is 0 Å². The van der Waals surface area contributed by atoms with Crippen molar-refractivity contribution in [3.8, 4) is 0 Å². The minimum absolute atomic E-state index is 0.150. The second-order valence-corrected chi connectivity index (χ2v) is 4.68. The highest BCUT2D eigenvalue weighted by Crippen LogP contribution is 2.21. The monoisotopic (exact) mass is 214 g/mol. The van der Waals surface area contributed by atoms with Crippen molar-refractivity contribution in [2.24, 2.45) is 11.7 Å². The highest BCUT2D eigenvalue weighted by atomic mass is 16.4. The Kier molecular flexibility index (Phi) is 4.54. The molecule has 1 aliphatic heterocycles. The summed E-state index contributed by atoms with van der Waals surface area (Å²) in [6.45, 7) is 6.02. The number of aliphatic carboxylic acids is 1. The van der Waals surface area contributed by atoms with Gasteiger partial charge in [-0.25, -0.2) is 0 Å². The molecule has 1 saturated heterocycles. The Balaban J connectivity index is 2.33. The highest BCUT2D eigenvalue weighted by molar-refractivity contribution is 5.67. The van der Waals surface area contributed by atoms with Gasteiger partial charge in [0.1, 0.15) is 0 Å². The van der Waals surface area contributed by atoms with Crippen LogP contribution in [0.4, 0.5) is 0 Å². The third kappa shape index (κ3) is 3.80. The van der Waals surface area contributed by atoms with E-state index in [2.05, 4.69) is 11.8 Å². The zero-order chi connectivity index (χ0) is 11.4. The van der Waals surface area contributed by atoms with Gasteiger partial charge in [0.25, 0.3) is 0 Å². The Bertz CT molecular complexity index is 211. The van der Waals surface area contributed by atoms with Gasteiger partial charge in [-0.2, -0.15) is 0 Å². The van der Waals surface area contributed by atoms with Gasteiger partial charge in [0, 0.05) is 12.1 Å². The number of carboxylic acids is 1. The molecule has 0 aliphatic carbocycles. The average molecular weight is 214 g/mol. The Labute approximate surface area is 91.4 Å². The van der Waals surface area contributed by atoms with Crippen LogP contribution in [0.2, 0.25) is 0 Å². The number of carbonyl (C=O) groups is 1. The average Bonchev–Trinajstić information content (AvgIpc) is 2.17. The molecule has 0 amide bonds. The minimum atomic E-state index is -0.711. The standard InChI is InChI=1S/C11H22N2O2/c1-8(7-11(14)15)13-5-3-10(4-6-13)9(2)12/h8-10H,3-7,12H2,1-2H3,(H,14,15). The summed E-state index contributed by atoms with van der Waals surface area (Å²) in [6, 6.07) is 0.415. The van der Waals surface area contributed by atoms with Crippen molar-refractivity contribution in [2.45, 2.75) is 45.2 Å². The van der Waals surface area contributed by atoms with E-state index in [4.69, 9.17) is 10.8 Å². The number of carboxylic acid groups (broad SMARTS) is 1. The number of likely N-dealkylation sites (tertiary alicyclic amines) is 1. The smallest absolute Gasteiger partial charge is 0.304 e. The minimum Gasteiger partial charge on any atom is -0.481 e. The molecule has 3 N–H and O–H groups in total. The van der Waals surface area contributed by atoms with Gasteiger partial charge in [0.2, 0.25) is 0 Å². The summed E-state index contributed by atoms with van der Waals surface area (Å²) in [4.78, 5) is 12.8. The van der Waals surface area contributed by atoms with Crippen molar-refractivity contribution in [3.05, 3.63) is 0 Å². The zero-order valence-electron chi connectivity index (χ0n) is 9.65. The first-order valence-electron chi connectivity index (χ1n) is 5.72. The third-order valence-electron chi connectivity index (χ3n) is 3.41. The lowest BCUT2D eigenvalue weighted by molar-refractivity contribution is -0.138. The molecular formula is C11H22N2O2. The van der Waals surface area contributed by atoms with E-state index in [1.807, 2.05) is 6.92 Å². The van der Waals surface area contributed by atoms with Crippen LogP contribution in [-0.4, -0.2) is 41.1 Å². The Morgan fingerprint density at radius 3 is 2.40 bits per heavy atom. The first-order chi connectivity index (χ1) is 7.00. The van der Waals surface area contributed by atoms with Gasteiger partial charge in [-0.1, -0.05) is 0 Å². The fraction of sp³-hybridized carbons (Fsp3) is 0.909. The van der Waals surface area contributed by atoms with Crippen molar-refractivity contribution in [1.29, 1.82) is 0 Å². The second-order valence-electron chi connectivity index (χ2n) is 4.68. The molecule has 2 atom stereocenters. The molecule has 0 aromatic heterocycles. The van der Waals surface area contributed by atoms with Crippen LogP contribution in [0, 0.1) is 5.92 Å². The molecule has 1 heterocycles. The molecule has 0 saturated carbocycles. The molecule has 4 nitrogen and oxygen atoms in total. The van der Waals surface area contributed by atoms with Crippen LogP contribution in [0.25, 0.3) is 0 Å². The molecule has 1 rings (SSSR count). The van der Waals surface area contributed by atoms with Crippen molar-refractivity contribution < 1.29 is 9.90 Å². The van der Waals surface area contributed by atoms with E-state index in [9.17, 15) is 4.79 Å². The summed E-state index contributed by atoms with van der Waals surface area (Å²) in [6.07, 6.45) is 2.44. The quantitative estimate of drug-likeness (QED) is 0.730. The fourth-order valence-corrected chi connectivity index (χ4v) is 2.27. The normalized spacial score (nSPS) is 23.7. The topological polar surface area (TPSA) is 66.6 Å². The van der Waals surface area contributed by atoms with Gasteiger partial charge in [0.15, 0.2) is 0 Å². The lowest BCUT2D eigenvalue weighted by atomic mass is 9.90. The molecule has 0 aromatic rings. The Hall–Kier alpha value is -0.610. The van der Waals surface area contributed by atoms with E-state index in [1.165, 1.54) is 0 Å². The molecule has 15 heavy (non-hydrogen) atoms. The van der Waals surface area contributed by atoms with E-state index in [0.29, 0.717) is 5.92 Å². The van der Waals surface area contributed by atoms with Crippen molar-refractivity contribution in [3.63, 3.8) is 0 Å². The second kappa shape index (κ2) is 5.47. The molecule has 0 bridgehead atoms. The van der Waals surface area contributed by atoms with E-state index in [1.54, 1.807) is 0 Å². The lowest BCUT2D eigenvalue weighted by Gasteiger charge is -2.36. The third-order valence-corrected chi connectivity index (χ3v) is 3.41. The zero-order valence-corrected chi connectivity index (χ0v) is 9.65. The number of hydrogen-bond donors (Lipinski definition) is 2. The maximum absolute atomic E-state index is 10.6. The molecule has 0 aromatic carbocycles. The van der Waals surface area contributed by atoms with Crippen LogP contribution >= 0.6 is 0 Å². The maximum Gasteiger partial charge on any atom is 0.304 e. The summed E-state index contributed by atoms with van der Waals surface area (Å²) in [7, 11) is 0. The predicted molar refractivity (Wildman–Crippen MR) is 59.7 cm³/mol. The summed E-state index contributed by atoms with van der Waals surface area (Å²) in [5.74, 6) is -0.102. The molecule has 88 valence electrons. The number of piperidine rings is 1. The predicted octanol–water partition coefficient (Wildman–Crippen LogP) is 0.909. The molecule has 0 radical (unpaired) electrons. The molecular weight excluding hydrogens is 192 g/mol. The Morgan fingerprint density at radius 2 is 2.00 bits per heavy atom. The van der Waals surface area contributed by atoms with Gasteiger partial charge in [0.05, 0.1) is 6.42 Å². The van der Waals surface area contributed by atoms with Gasteiger partial charge in [-0.3, -0.25) is 4.79 Å². The number of hydrogen-bond acceptors (Lipinski definition) is 3. The summed E-state index contributed by atoms with van der Waals surface area (Å²) >= 11 is 0. The van der Waals surface area contributed by atoms with Gasteiger partial charge < -0.3 is 15.7 Å². The van der Waals surface area contributed by atoms with Crippen LogP contribution in [0.1, 0.15) is 33.1 Å². The maximum atomic E-state index is 10.6. The SMILES string of the molecule is CC(N)C1CCN(C(C)CC(=O)O)CC1. The van der Waals surface area contributed by atoms with Crippen molar-refractivity contribution in [2.75, 3.05) is 13.1 Å². The molecule has 0 spiro atoms. The molecule has 1 aliphatic rings. The largest absolute Gasteiger partial charge is 0.481 e. The van der Waals surface area contributed by atoms with E-state index in [0.717, 1.165) is 25.9 Å². The highest BCUT2D eigenvalue weighted by Gasteiger charge is 2.25. The van der Waals surface area contributed by atoms with Crippen molar-refractivity contribution >= 4 is 5.97 Å². The van der Waals surface area contributed by atoms with Crippen LogP contribution in [-0.2, 0) is 4.79 Å². The van der Waals surface area contributed by atoms with Crippen LogP contribution in [0.3, 0.4) is 0 Å². The first-order valence-corrected chi connectivity index (χ1v) is 5.72. The number of nitrogens with two attached hydrogens (primary N) is 1. The molecule has 2 unspecified atom stereocenters. The van der Waals surface area contributed by atoms with Crippen LogP contribution in [0.5, 0.6) is 0 Å². The van der Waals surface area contributed by atoms with E-state index < -0.39 is 5.97 Å². The Morgan fingerprint density at radius 1 is 1.47 bits per heavy atom. The van der Waals surface area contributed by atoms with Gasteiger partial charge >= 0.3 is 5.97 Å². The van der Waals surface area contributed by atoms with Gasteiger partial charge in [-0.15, -0.1) is 0 Å².